The van der Waals surface area contributed by atoms with Crippen molar-refractivity contribution in [1.29, 1.82) is 0 Å². The number of hydrogen-bond donors (Lipinski definition) is 3. The Morgan fingerprint density at radius 3 is 0.625 bits per heavy atom. The van der Waals surface area contributed by atoms with E-state index in [1.807, 2.05) is 0 Å². The van der Waals surface area contributed by atoms with Gasteiger partial charge in [-0.1, -0.05) is 313 Å². The number of hydrogen-bond acceptors (Lipinski definition) is 6. The van der Waals surface area contributed by atoms with Crippen LogP contribution < -0.4 is 113 Å². The van der Waals surface area contributed by atoms with Gasteiger partial charge in [0.1, 0.15) is 0 Å². The molecule has 3 radical (unpaired) electrons. The lowest BCUT2D eigenvalue weighted by Gasteiger charge is -2.49. The molecule has 0 unspecified atom stereocenters. The molecule has 9 heterocycles. The number of rotatable bonds is 0. The largest absolute Gasteiger partial charge is 0.356 e. The van der Waals surface area contributed by atoms with Gasteiger partial charge in [-0.05, 0) is 235 Å². The third-order valence-electron chi connectivity index (χ3n) is 29.0. The highest BCUT2D eigenvalue weighted by Gasteiger charge is 2.54. The molecule has 591 valence electrons. The molecule has 13 aromatic carbocycles. The zero-order valence-corrected chi connectivity index (χ0v) is 75.9. The van der Waals surface area contributed by atoms with Gasteiger partial charge in [0.05, 0.1) is 0 Å². The van der Waals surface area contributed by atoms with Crippen molar-refractivity contribution in [3.63, 3.8) is 0 Å². The standard InChI is InChI=1S/C108H111B6N6/c1-100(2,3)55-31-40-76-64(46-55)109-88-82-85(94-91-97(88)118(76)79-43-34-61(106(19,20)21)52-70(79)112(91)67-49-58(103(10,11)12)28-37-73(67)115-94)83-87(96-93-99-89(83)110-66-48-57(102(7,8)9)33-42-78(66)120(99)81-45-36-63(108(25,26)27)54-72(81)114(93)69-51-60(105(16,17)18)30-39-75(69)117-96)84-86(82)95-92-98-90(84)111-65-47-56(101(4,5)6)32-41-77(65)119(98)80-44-35-62(107(22,23)24)53-71(80)113(92)68-50-59(104(13,14)15)29-38-74(68)116-95/h28-54,115-117H,1-27H3. The van der Waals surface area contributed by atoms with Gasteiger partial charge in [-0.2, -0.15) is 0 Å². The summed E-state index contributed by atoms with van der Waals surface area (Å²) in [5.41, 5.74) is 48.1. The highest BCUT2D eigenvalue weighted by atomic mass is 15.2. The van der Waals surface area contributed by atoms with Gasteiger partial charge in [0.2, 0.25) is 0 Å². The maximum Gasteiger partial charge on any atom is 0.252 e. The van der Waals surface area contributed by atoms with Crippen LogP contribution in [0.5, 0.6) is 0 Å². The smallest absolute Gasteiger partial charge is 0.252 e. The number of benzene rings is 13. The van der Waals surface area contributed by atoms with Crippen LogP contribution in [0, 0.1) is 0 Å². The molecule has 0 saturated carbocycles. The Hall–Kier alpha value is -10.2. The molecule has 6 nitrogen and oxygen atoms in total. The van der Waals surface area contributed by atoms with Crippen molar-refractivity contribution in [2.24, 2.45) is 0 Å². The second kappa shape index (κ2) is 24.0. The Labute approximate surface area is 716 Å². The molecule has 0 spiro atoms. The second-order valence-electron chi connectivity index (χ2n) is 46.3. The Balaban J connectivity index is 1.04. The van der Waals surface area contributed by atoms with E-state index in [1.165, 1.54) is 233 Å². The topological polar surface area (TPSA) is 45.8 Å². The summed E-state index contributed by atoms with van der Waals surface area (Å²) in [5.74, 6) is 0. The molecule has 12 heteroatoms. The minimum absolute atomic E-state index is 0.130. The van der Waals surface area contributed by atoms with Crippen molar-refractivity contribution < 1.29 is 0 Å². The van der Waals surface area contributed by atoms with Crippen molar-refractivity contribution in [1.82, 2.24) is 0 Å². The van der Waals surface area contributed by atoms with Crippen molar-refractivity contribution in [2.45, 2.75) is 236 Å². The lowest BCUT2D eigenvalue weighted by molar-refractivity contribution is 0.590. The number of nitrogens with zero attached hydrogens (tertiary/aromatic N) is 3. The Morgan fingerprint density at radius 1 is 0.217 bits per heavy atom. The molecule has 0 aliphatic carbocycles. The fraction of sp³-hybridized carbons (Fsp3) is 0.333. The number of anilines is 15. The minimum atomic E-state index is -0.170. The maximum atomic E-state index is 4.67. The van der Waals surface area contributed by atoms with Crippen LogP contribution in [0.2, 0.25) is 0 Å². The van der Waals surface area contributed by atoms with E-state index >= 15 is 0 Å². The first-order chi connectivity index (χ1) is 56.2. The summed E-state index contributed by atoms with van der Waals surface area (Å²) in [6, 6.07) is 67.7. The summed E-state index contributed by atoms with van der Waals surface area (Å²) in [4.78, 5) is 8.28. The molecule has 3 N–H and O–H groups in total. The molecule has 0 atom stereocenters. The van der Waals surface area contributed by atoms with Crippen molar-refractivity contribution in [3.8, 4) is 0 Å². The van der Waals surface area contributed by atoms with E-state index in [0.29, 0.717) is 0 Å². The first-order valence-electron chi connectivity index (χ1n) is 44.5. The van der Waals surface area contributed by atoms with E-state index in [4.69, 9.17) is 0 Å². The van der Waals surface area contributed by atoms with Gasteiger partial charge in [-0.15, -0.1) is 0 Å². The van der Waals surface area contributed by atoms with Crippen LogP contribution >= 0.6 is 0 Å². The molecular formula is C108H111B6N6. The third-order valence-corrected chi connectivity index (χ3v) is 29.0. The van der Waals surface area contributed by atoms with Gasteiger partial charge in [0, 0.05) is 101 Å². The van der Waals surface area contributed by atoms with Crippen LogP contribution in [0.4, 0.5) is 85.3 Å². The maximum absolute atomic E-state index is 4.67. The molecule has 0 fully saturated rings. The summed E-state index contributed by atoms with van der Waals surface area (Å²) < 4.78 is 0. The summed E-state index contributed by atoms with van der Waals surface area (Å²) >= 11 is 0. The van der Waals surface area contributed by atoms with E-state index in [-0.39, 0.29) is 68.9 Å². The van der Waals surface area contributed by atoms with Crippen molar-refractivity contribution in [3.05, 3.63) is 214 Å². The predicted octanol–water partition coefficient (Wildman–Crippen LogP) is 17.8. The van der Waals surface area contributed by atoms with Crippen LogP contribution in [0.25, 0.3) is 32.3 Å². The summed E-state index contributed by atoms with van der Waals surface area (Å²) in [5, 5.41) is 21.5. The zero-order valence-electron chi connectivity index (χ0n) is 75.9. The SMILES string of the molecule is CC(C)(C)c1ccc2c(c1)[B]c1c3c4c(c5c1c1c6c7c8c(c1c1c9c%10c%11c(c51)[B]c1cc(C(C)(C)C)ccc1N%11c1ccc(C(C)(C)C)cc1B%10c1cc(C(C)(C)C)ccc1N9)[B]c1cc(C(C)(C)C)ccc1N8c1ccc(C(C)(C)C)cc1B7c1cc(C(C)(C)C)ccc1N6)Nc1ccc(C(C)(C)C)cc1B4c1cc(C(C)(C)C)ccc1N23. The van der Waals surface area contributed by atoms with Crippen LogP contribution in [-0.4, -0.2) is 42.0 Å². The van der Waals surface area contributed by atoms with E-state index in [1.54, 1.807) is 0 Å². The molecule has 0 saturated heterocycles. The van der Waals surface area contributed by atoms with Crippen LogP contribution in [0.3, 0.4) is 0 Å². The monoisotopic (exact) mass is 1560 g/mol. The van der Waals surface area contributed by atoms with E-state index in [0.717, 1.165) is 17.1 Å². The average Bonchev–Trinajstić information content (AvgIpc) is 0.647. The molecule has 9 aliphatic heterocycles. The van der Waals surface area contributed by atoms with Gasteiger partial charge >= 0.3 is 0 Å². The summed E-state index contributed by atoms with van der Waals surface area (Å²) in [6.07, 6.45) is 0. The Bertz CT molecular complexity index is 6210. The number of nitrogens with one attached hydrogen (secondary N) is 3. The molecule has 120 heavy (non-hydrogen) atoms. The lowest BCUT2D eigenvalue weighted by atomic mass is 9.31. The van der Waals surface area contributed by atoms with Crippen LogP contribution in [0.1, 0.15) is 237 Å². The molecular weight excluding hydrogens is 1450 g/mol. The van der Waals surface area contributed by atoms with Gasteiger partial charge in [-0.25, -0.2) is 0 Å². The highest BCUT2D eigenvalue weighted by Crippen LogP contribution is 2.56. The normalized spacial score (nSPS) is 15.4. The molecule has 13 aromatic rings. The minimum Gasteiger partial charge on any atom is -0.356 e. The molecule has 0 aromatic heterocycles. The quantitative estimate of drug-likeness (QED) is 0.104. The Morgan fingerprint density at radius 2 is 0.408 bits per heavy atom. The highest BCUT2D eigenvalue weighted by molar-refractivity contribution is 7.04. The van der Waals surface area contributed by atoms with Crippen LogP contribution in [0.15, 0.2) is 164 Å². The van der Waals surface area contributed by atoms with E-state index in [9.17, 15) is 0 Å². The van der Waals surface area contributed by atoms with Crippen molar-refractivity contribution >= 4 is 242 Å². The molecule has 9 aliphatic rings. The fourth-order valence-electron chi connectivity index (χ4n) is 22.2. The van der Waals surface area contributed by atoms with Gasteiger partial charge < -0.3 is 30.7 Å². The fourth-order valence-corrected chi connectivity index (χ4v) is 22.2. The Kier molecular flexibility index (Phi) is 15.2. The zero-order chi connectivity index (χ0) is 84.3. The summed E-state index contributed by atoms with van der Waals surface area (Å²) in [6.45, 7) is 64.1. The molecule has 22 rings (SSSR count). The van der Waals surface area contributed by atoms with Crippen molar-refractivity contribution in [2.75, 3.05) is 30.7 Å². The molecule has 0 amide bonds. The average molecular weight is 1560 g/mol. The number of fused-ring (bicyclic) bond motifs is 33. The summed E-state index contributed by atoms with van der Waals surface area (Å²) in [7, 11) is 8.08. The van der Waals surface area contributed by atoms with Gasteiger partial charge in [0.25, 0.3) is 20.1 Å². The predicted molar refractivity (Wildman–Crippen MR) is 530 cm³/mol. The van der Waals surface area contributed by atoms with Crippen LogP contribution in [-0.2, 0) is 48.7 Å². The first-order valence-corrected chi connectivity index (χ1v) is 44.5. The van der Waals surface area contributed by atoms with E-state index < -0.39 is 0 Å². The first kappa shape index (κ1) is 76.0. The van der Waals surface area contributed by atoms with Gasteiger partial charge in [-0.3, -0.25) is 0 Å². The molecule has 0 bridgehead atoms. The third kappa shape index (κ3) is 10.6. The lowest BCUT2D eigenvalue weighted by Crippen LogP contribution is -2.64. The second-order valence-corrected chi connectivity index (χ2v) is 46.3. The van der Waals surface area contributed by atoms with E-state index in [2.05, 4.69) is 403 Å². The van der Waals surface area contributed by atoms with Gasteiger partial charge in [0.15, 0.2) is 21.8 Å².